The van der Waals surface area contributed by atoms with Crippen molar-refractivity contribution >= 4 is 29.0 Å². The first kappa shape index (κ1) is 22.1. The SMILES string of the molecule is CCC(Sc1c([O-])on[n+]1-c1ccc(OC)cc1)C(=O)Nc1cc([N+](=O)[O-])ccc1C. The van der Waals surface area contributed by atoms with Crippen LogP contribution in [0.3, 0.4) is 0 Å². The van der Waals surface area contributed by atoms with Gasteiger partial charge in [-0.05, 0) is 47.5 Å². The molecule has 0 fully saturated rings. The number of rotatable bonds is 8. The van der Waals surface area contributed by atoms with Gasteiger partial charge in [-0.15, -0.1) is 0 Å². The average Bonchev–Trinajstić information content (AvgIpc) is 3.13. The van der Waals surface area contributed by atoms with Gasteiger partial charge in [-0.3, -0.25) is 14.9 Å². The zero-order valence-electron chi connectivity index (χ0n) is 17.0. The topological polar surface area (TPSA) is 134 Å². The highest BCUT2D eigenvalue weighted by molar-refractivity contribution is 8.00. The molecule has 1 heterocycles. The zero-order chi connectivity index (χ0) is 22.5. The Bertz CT molecular complexity index is 1100. The Morgan fingerprint density at radius 2 is 2.03 bits per heavy atom. The van der Waals surface area contributed by atoms with Gasteiger partial charge >= 0.3 is 0 Å². The summed E-state index contributed by atoms with van der Waals surface area (Å²) in [5.74, 6) is -0.417. The quantitative estimate of drug-likeness (QED) is 0.243. The molecule has 1 unspecified atom stereocenters. The molecular formula is C20H20N4O6S. The Morgan fingerprint density at radius 3 is 2.65 bits per heavy atom. The normalized spacial score (nSPS) is 11.7. The van der Waals surface area contributed by atoms with E-state index in [-0.39, 0.29) is 10.7 Å². The summed E-state index contributed by atoms with van der Waals surface area (Å²) in [6, 6.07) is 11.1. The highest BCUT2D eigenvalue weighted by Crippen LogP contribution is 2.31. The van der Waals surface area contributed by atoms with Crippen LogP contribution in [0.15, 0.2) is 52.0 Å². The molecule has 31 heavy (non-hydrogen) atoms. The first-order chi connectivity index (χ1) is 14.8. The third-order valence-corrected chi connectivity index (χ3v) is 5.89. The summed E-state index contributed by atoms with van der Waals surface area (Å²) in [6.07, 6.45) is 0.401. The second-order valence-electron chi connectivity index (χ2n) is 6.54. The molecule has 2 aromatic carbocycles. The molecule has 0 spiro atoms. The largest absolute Gasteiger partial charge is 0.538 e. The molecule has 1 amide bonds. The number of nitrogens with zero attached hydrogens (tertiary/aromatic N) is 3. The van der Waals surface area contributed by atoms with Gasteiger partial charge in [0.2, 0.25) is 11.6 Å². The number of nitro groups is 1. The van der Waals surface area contributed by atoms with E-state index in [0.717, 1.165) is 11.8 Å². The fourth-order valence-corrected chi connectivity index (χ4v) is 3.73. The van der Waals surface area contributed by atoms with Gasteiger partial charge in [0.25, 0.3) is 10.7 Å². The van der Waals surface area contributed by atoms with Crippen molar-refractivity contribution in [3.8, 4) is 17.4 Å². The molecule has 0 aliphatic carbocycles. The highest BCUT2D eigenvalue weighted by atomic mass is 32.2. The van der Waals surface area contributed by atoms with Crippen LogP contribution in [-0.4, -0.2) is 28.5 Å². The lowest BCUT2D eigenvalue weighted by molar-refractivity contribution is -0.705. The highest BCUT2D eigenvalue weighted by Gasteiger charge is 2.28. The Labute approximate surface area is 181 Å². The third kappa shape index (κ3) is 4.94. The molecule has 0 radical (unpaired) electrons. The molecule has 10 nitrogen and oxygen atoms in total. The van der Waals surface area contributed by atoms with Gasteiger partial charge in [0, 0.05) is 24.3 Å². The minimum atomic E-state index is -0.668. The zero-order valence-corrected chi connectivity index (χ0v) is 17.8. The van der Waals surface area contributed by atoms with Gasteiger partial charge in [0.1, 0.15) is 5.75 Å². The number of non-ortho nitro benzene ring substituents is 1. The first-order valence-electron chi connectivity index (χ1n) is 9.30. The number of carbonyl (C=O) groups excluding carboxylic acids is 1. The maximum atomic E-state index is 12.9. The molecule has 1 atom stereocenters. The predicted molar refractivity (Wildman–Crippen MR) is 110 cm³/mol. The second kappa shape index (κ2) is 9.47. The van der Waals surface area contributed by atoms with Crippen molar-refractivity contribution in [2.45, 2.75) is 30.5 Å². The molecule has 0 aliphatic heterocycles. The van der Waals surface area contributed by atoms with E-state index in [1.54, 1.807) is 51.3 Å². The van der Waals surface area contributed by atoms with Crippen LogP contribution in [0.2, 0.25) is 0 Å². The monoisotopic (exact) mass is 444 g/mol. The minimum absolute atomic E-state index is 0.125. The van der Waals surface area contributed by atoms with Crippen molar-refractivity contribution in [1.29, 1.82) is 0 Å². The Balaban J connectivity index is 1.83. The average molecular weight is 444 g/mol. The van der Waals surface area contributed by atoms with Crippen molar-refractivity contribution in [3.05, 3.63) is 58.1 Å². The smallest absolute Gasteiger partial charge is 0.298 e. The van der Waals surface area contributed by atoms with Crippen LogP contribution in [0.4, 0.5) is 11.4 Å². The lowest BCUT2D eigenvalue weighted by Crippen LogP contribution is -2.36. The third-order valence-electron chi connectivity index (χ3n) is 4.50. The van der Waals surface area contributed by atoms with Crippen LogP contribution in [0.1, 0.15) is 18.9 Å². The van der Waals surface area contributed by atoms with Crippen molar-refractivity contribution in [1.82, 2.24) is 5.27 Å². The maximum absolute atomic E-state index is 12.9. The van der Waals surface area contributed by atoms with Crippen LogP contribution in [-0.2, 0) is 4.79 Å². The first-order valence-corrected chi connectivity index (χ1v) is 10.2. The Kier molecular flexibility index (Phi) is 6.75. The van der Waals surface area contributed by atoms with E-state index in [2.05, 4.69) is 10.6 Å². The van der Waals surface area contributed by atoms with Gasteiger partial charge in [0.05, 0.1) is 28.2 Å². The van der Waals surface area contributed by atoms with Crippen LogP contribution in [0.25, 0.3) is 5.69 Å². The summed E-state index contributed by atoms with van der Waals surface area (Å²) in [5, 5.41) is 29.3. The molecule has 1 N–H and O–H groups in total. The summed E-state index contributed by atoms with van der Waals surface area (Å²) < 4.78 is 11.3. The summed E-state index contributed by atoms with van der Waals surface area (Å²) in [5.41, 5.74) is 1.47. The molecule has 0 bridgehead atoms. The number of ether oxygens (including phenoxy) is 1. The molecule has 1 aromatic heterocycles. The molecule has 3 aromatic rings. The van der Waals surface area contributed by atoms with E-state index in [1.165, 1.54) is 16.8 Å². The van der Waals surface area contributed by atoms with Crippen molar-refractivity contribution in [3.63, 3.8) is 0 Å². The van der Waals surface area contributed by atoms with E-state index in [0.29, 0.717) is 29.1 Å². The van der Waals surface area contributed by atoms with Gasteiger partial charge in [-0.25, -0.2) is 0 Å². The predicted octanol–water partition coefficient (Wildman–Crippen LogP) is 2.76. The number of aryl methyl sites for hydroxylation is 1. The molecule has 11 heteroatoms. The standard InChI is InChI=1S/C20H20N4O6S/c1-4-17(18(25)21-16-11-14(24(27)28)6-5-12(16)2)31-19-20(26)30-22-23(19)13-7-9-15(29-3)10-8-13/h5-11,17H,4H2,1-3H3,(H-,21,22,25,26). The van der Waals surface area contributed by atoms with E-state index < -0.39 is 22.0 Å². The second-order valence-corrected chi connectivity index (χ2v) is 7.73. The Morgan fingerprint density at radius 1 is 1.32 bits per heavy atom. The molecule has 0 saturated carbocycles. The summed E-state index contributed by atoms with van der Waals surface area (Å²) >= 11 is 1.01. The fraction of sp³-hybridized carbons (Fsp3) is 0.250. The number of nitro benzene ring substituents is 1. The molecule has 3 rings (SSSR count). The van der Waals surface area contributed by atoms with Gasteiger partial charge < -0.3 is 19.7 Å². The van der Waals surface area contributed by atoms with Gasteiger partial charge in [-0.2, -0.15) is 0 Å². The van der Waals surface area contributed by atoms with E-state index in [1.807, 2.05) is 0 Å². The lowest BCUT2D eigenvalue weighted by atomic mass is 10.1. The summed E-state index contributed by atoms with van der Waals surface area (Å²) in [4.78, 5) is 23.4. The van der Waals surface area contributed by atoms with Gasteiger partial charge in [0.15, 0.2) is 5.95 Å². The van der Waals surface area contributed by atoms with Crippen LogP contribution >= 0.6 is 11.8 Å². The number of anilines is 1. The van der Waals surface area contributed by atoms with Crippen molar-refractivity contribution in [2.75, 3.05) is 12.4 Å². The van der Waals surface area contributed by atoms with Gasteiger partial charge in [-0.1, -0.05) is 13.0 Å². The molecule has 0 aliphatic rings. The number of nitrogens with one attached hydrogen (secondary N) is 1. The van der Waals surface area contributed by atoms with E-state index in [4.69, 9.17) is 9.26 Å². The summed E-state index contributed by atoms with van der Waals surface area (Å²) in [7, 11) is 1.54. The van der Waals surface area contributed by atoms with E-state index in [9.17, 15) is 20.0 Å². The Hall–Kier alpha value is -3.60. The van der Waals surface area contributed by atoms with Crippen molar-refractivity contribution in [2.24, 2.45) is 0 Å². The van der Waals surface area contributed by atoms with E-state index >= 15 is 0 Å². The van der Waals surface area contributed by atoms with Crippen LogP contribution in [0, 0.1) is 17.0 Å². The minimum Gasteiger partial charge on any atom is -0.538 e. The molecular weight excluding hydrogens is 424 g/mol. The fourth-order valence-electron chi connectivity index (χ4n) is 2.75. The number of hydrogen-bond donors (Lipinski definition) is 1. The number of hydrogen-bond acceptors (Lipinski definition) is 8. The summed E-state index contributed by atoms with van der Waals surface area (Å²) in [6.45, 7) is 3.54. The number of aromatic nitrogens is 2. The molecule has 162 valence electrons. The molecule has 0 saturated heterocycles. The number of benzene rings is 2. The van der Waals surface area contributed by atoms with Crippen molar-refractivity contribution < 1.29 is 28.8 Å². The van der Waals surface area contributed by atoms with Crippen LogP contribution in [0.5, 0.6) is 11.7 Å². The number of methoxy groups -OCH3 is 1. The number of carbonyl (C=O) groups is 1. The maximum Gasteiger partial charge on any atom is 0.298 e. The lowest BCUT2D eigenvalue weighted by Gasteiger charge is -2.14. The van der Waals surface area contributed by atoms with Crippen LogP contribution < -0.4 is 19.8 Å². The number of amides is 1. The number of thioether (sulfide) groups is 1.